The fourth-order valence-electron chi connectivity index (χ4n) is 2.13. The predicted octanol–water partition coefficient (Wildman–Crippen LogP) is -1.61. The molecular formula is C9H15NO5S. The lowest BCUT2D eigenvalue weighted by Crippen LogP contribution is -2.52. The van der Waals surface area contributed by atoms with Crippen LogP contribution in [0.3, 0.4) is 0 Å². The van der Waals surface area contributed by atoms with Gasteiger partial charge in [0.2, 0.25) is 5.91 Å². The zero-order valence-electron chi connectivity index (χ0n) is 8.83. The lowest BCUT2D eigenvalue weighted by molar-refractivity contribution is -0.153. The number of carbonyl (C=O) groups excluding carboxylic acids is 1. The number of ether oxygens (including phenoxy) is 1. The van der Waals surface area contributed by atoms with Crippen LogP contribution in [0.2, 0.25) is 0 Å². The summed E-state index contributed by atoms with van der Waals surface area (Å²) in [6.45, 7) is 0.0700. The molecule has 0 aromatic carbocycles. The third-order valence-corrected chi connectivity index (χ3v) is 4.77. The number of morpholine rings is 1. The van der Waals surface area contributed by atoms with Crippen LogP contribution < -0.4 is 0 Å². The second-order valence-electron chi connectivity index (χ2n) is 4.22. The Morgan fingerprint density at radius 2 is 2.25 bits per heavy atom. The zero-order valence-corrected chi connectivity index (χ0v) is 9.65. The molecule has 0 radical (unpaired) electrons. The van der Waals surface area contributed by atoms with E-state index in [1.54, 1.807) is 0 Å². The number of aliphatic hydroxyl groups excluding tert-OH is 1. The van der Waals surface area contributed by atoms with Crippen molar-refractivity contribution in [2.24, 2.45) is 0 Å². The van der Waals surface area contributed by atoms with Gasteiger partial charge in [-0.3, -0.25) is 4.79 Å². The SMILES string of the molecule is O=C1COC(CO)CN1C1CCS(=O)(=O)C1. The van der Waals surface area contributed by atoms with Crippen molar-refractivity contribution < 1.29 is 23.1 Å². The third-order valence-electron chi connectivity index (χ3n) is 3.02. The van der Waals surface area contributed by atoms with E-state index in [4.69, 9.17) is 9.84 Å². The first-order valence-electron chi connectivity index (χ1n) is 5.24. The van der Waals surface area contributed by atoms with E-state index in [2.05, 4.69) is 0 Å². The van der Waals surface area contributed by atoms with Crippen LogP contribution in [0.1, 0.15) is 6.42 Å². The molecule has 2 aliphatic heterocycles. The zero-order chi connectivity index (χ0) is 11.8. The van der Waals surface area contributed by atoms with Crippen LogP contribution in [-0.4, -0.2) is 67.7 Å². The van der Waals surface area contributed by atoms with E-state index in [-0.39, 0.29) is 49.3 Å². The van der Waals surface area contributed by atoms with Gasteiger partial charge in [0.15, 0.2) is 9.84 Å². The van der Waals surface area contributed by atoms with E-state index in [0.717, 1.165) is 0 Å². The third kappa shape index (κ3) is 2.36. The van der Waals surface area contributed by atoms with Crippen molar-refractivity contribution in [3.63, 3.8) is 0 Å². The topological polar surface area (TPSA) is 83.9 Å². The van der Waals surface area contributed by atoms with Crippen LogP contribution in [0.4, 0.5) is 0 Å². The molecule has 0 aromatic heterocycles. The summed E-state index contributed by atoms with van der Waals surface area (Å²) in [5, 5.41) is 8.96. The Morgan fingerprint density at radius 3 is 2.81 bits per heavy atom. The largest absolute Gasteiger partial charge is 0.394 e. The van der Waals surface area contributed by atoms with Gasteiger partial charge in [-0.15, -0.1) is 0 Å². The molecular weight excluding hydrogens is 234 g/mol. The maximum Gasteiger partial charge on any atom is 0.248 e. The van der Waals surface area contributed by atoms with Crippen molar-refractivity contribution in [2.45, 2.75) is 18.6 Å². The Hall–Kier alpha value is -0.660. The lowest BCUT2D eigenvalue weighted by Gasteiger charge is -2.35. The van der Waals surface area contributed by atoms with E-state index in [1.165, 1.54) is 4.90 Å². The van der Waals surface area contributed by atoms with E-state index in [0.29, 0.717) is 6.42 Å². The lowest BCUT2D eigenvalue weighted by atomic mass is 10.2. The van der Waals surface area contributed by atoms with Gasteiger partial charge < -0.3 is 14.7 Å². The van der Waals surface area contributed by atoms with Crippen LogP contribution in [-0.2, 0) is 19.4 Å². The van der Waals surface area contributed by atoms with E-state index in [9.17, 15) is 13.2 Å². The minimum Gasteiger partial charge on any atom is -0.394 e. The maximum atomic E-state index is 11.6. The molecule has 92 valence electrons. The number of rotatable bonds is 2. The summed E-state index contributed by atoms with van der Waals surface area (Å²) >= 11 is 0. The molecule has 1 N–H and O–H groups in total. The summed E-state index contributed by atoms with van der Waals surface area (Å²) in [6, 6.07) is -0.240. The minimum atomic E-state index is -2.99. The summed E-state index contributed by atoms with van der Waals surface area (Å²) in [6.07, 6.45) is 0.104. The first-order valence-corrected chi connectivity index (χ1v) is 7.06. The summed E-state index contributed by atoms with van der Waals surface area (Å²) < 4.78 is 27.7. The normalized spacial score (nSPS) is 34.3. The number of nitrogens with zero attached hydrogens (tertiary/aromatic N) is 1. The monoisotopic (exact) mass is 249 g/mol. The molecule has 2 fully saturated rings. The number of carbonyl (C=O) groups is 1. The van der Waals surface area contributed by atoms with E-state index in [1.807, 2.05) is 0 Å². The summed E-state index contributed by atoms with van der Waals surface area (Å²) in [7, 11) is -2.99. The molecule has 16 heavy (non-hydrogen) atoms. The second kappa shape index (κ2) is 4.31. The Labute approximate surface area is 94.1 Å². The number of sulfone groups is 1. The standard InChI is InChI=1S/C9H15NO5S/c11-4-8-3-10(9(12)5-15-8)7-1-2-16(13,14)6-7/h7-8,11H,1-6H2. The maximum absolute atomic E-state index is 11.6. The molecule has 2 saturated heterocycles. The van der Waals surface area contributed by atoms with Gasteiger partial charge in [0.05, 0.1) is 24.2 Å². The highest BCUT2D eigenvalue weighted by molar-refractivity contribution is 7.91. The molecule has 6 nitrogen and oxygen atoms in total. The fourth-order valence-corrected chi connectivity index (χ4v) is 3.86. The van der Waals surface area contributed by atoms with Crippen molar-refractivity contribution in [1.82, 2.24) is 4.90 Å². The van der Waals surface area contributed by atoms with E-state index >= 15 is 0 Å². The fraction of sp³-hybridized carbons (Fsp3) is 0.889. The summed E-state index contributed by atoms with van der Waals surface area (Å²) in [5.41, 5.74) is 0. The number of hydrogen-bond donors (Lipinski definition) is 1. The number of aliphatic hydroxyl groups is 1. The molecule has 7 heteroatoms. The van der Waals surface area contributed by atoms with Gasteiger partial charge in [-0.05, 0) is 6.42 Å². The average molecular weight is 249 g/mol. The molecule has 2 heterocycles. The Bertz CT molecular complexity index is 379. The summed E-state index contributed by atoms with van der Waals surface area (Å²) in [4.78, 5) is 13.1. The number of amides is 1. The van der Waals surface area contributed by atoms with Crippen LogP contribution >= 0.6 is 0 Å². The molecule has 0 spiro atoms. The van der Waals surface area contributed by atoms with Gasteiger partial charge >= 0.3 is 0 Å². The molecule has 2 atom stereocenters. The quantitative estimate of drug-likeness (QED) is 0.637. The van der Waals surface area contributed by atoms with Gasteiger partial charge in [-0.1, -0.05) is 0 Å². The molecule has 0 saturated carbocycles. The van der Waals surface area contributed by atoms with Crippen LogP contribution in [0.25, 0.3) is 0 Å². The van der Waals surface area contributed by atoms with Crippen molar-refractivity contribution in [1.29, 1.82) is 0 Å². The van der Waals surface area contributed by atoms with Crippen LogP contribution in [0.15, 0.2) is 0 Å². The highest BCUT2D eigenvalue weighted by atomic mass is 32.2. The molecule has 2 rings (SSSR count). The van der Waals surface area contributed by atoms with E-state index < -0.39 is 9.84 Å². The first-order chi connectivity index (χ1) is 7.52. The summed E-state index contributed by atoms with van der Waals surface area (Å²) in [5.74, 6) is -0.00463. The van der Waals surface area contributed by atoms with Crippen molar-refractivity contribution in [3.8, 4) is 0 Å². The Balaban J connectivity index is 2.05. The van der Waals surface area contributed by atoms with Crippen molar-refractivity contribution in [2.75, 3.05) is 31.3 Å². The van der Waals surface area contributed by atoms with Crippen LogP contribution in [0, 0.1) is 0 Å². The molecule has 1 amide bonds. The van der Waals surface area contributed by atoms with Crippen molar-refractivity contribution in [3.05, 3.63) is 0 Å². The van der Waals surface area contributed by atoms with Gasteiger partial charge in [0.25, 0.3) is 0 Å². The average Bonchev–Trinajstić information content (AvgIpc) is 2.59. The second-order valence-corrected chi connectivity index (χ2v) is 6.45. The van der Waals surface area contributed by atoms with Gasteiger partial charge in [-0.2, -0.15) is 0 Å². The molecule has 2 unspecified atom stereocenters. The predicted molar refractivity (Wildman–Crippen MR) is 55.6 cm³/mol. The first kappa shape index (κ1) is 11.8. The highest BCUT2D eigenvalue weighted by Gasteiger charge is 2.37. The van der Waals surface area contributed by atoms with Gasteiger partial charge in [0.1, 0.15) is 6.61 Å². The van der Waals surface area contributed by atoms with Gasteiger partial charge in [-0.25, -0.2) is 8.42 Å². The number of hydrogen-bond acceptors (Lipinski definition) is 5. The minimum absolute atomic E-state index is 0.0386. The molecule has 2 aliphatic rings. The Morgan fingerprint density at radius 1 is 1.50 bits per heavy atom. The molecule has 0 bridgehead atoms. The smallest absolute Gasteiger partial charge is 0.248 e. The van der Waals surface area contributed by atoms with Crippen LogP contribution in [0.5, 0.6) is 0 Å². The Kier molecular flexibility index (Phi) is 3.18. The molecule has 0 aliphatic carbocycles. The molecule has 0 aromatic rings. The van der Waals surface area contributed by atoms with Gasteiger partial charge in [0, 0.05) is 12.6 Å². The van der Waals surface area contributed by atoms with Crippen molar-refractivity contribution >= 4 is 15.7 Å². The highest BCUT2D eigenvalue weighted by Crippen LogP contribution is 2.20.